The molecule has 0 aliphatic carbocycles. The van der Waals surface area contributed by atoms with Crippen molar-refractivity contribution in [1.82, 2.24) is 4.90 Å². The summed E-state index contributed by atoms with van der Waals surface area (Å²) < 4.78 is 13.3. The van der Waals surface area contributed by atoms with Gasteiger partial charge in [0.2, 0.25) is 0 Å². The van der Waals surface area contributed by atoms with Crippen LogP contribution in [0.4, 0.5) is 4.39 Å². The minimum atomic E-state index is -0.360. The van der Waals surface area contributed by atoms with Gasteiger partial charge in [0, 0.05) is 18.5 Å². The Morgan fingerprint density at radius 3 is 2.56 bits per heavy atom. The van der Waals surface area contributed by atoms with E-state index < -0.39 is 0 Å². The summed E-state index contributed by atoms with van der Waals surface area (Å²) in [6.07, 6.45) is 0.389. The molecule has 0 heterocycles. The lowest BCUT2D eigenvalue weighted by Crippen LogP contribution is -2.12. The molecule has 0 saturated carbocycles. The molecule has 0 saturated heterocycles. The van der Waals surface area contributed by atoms with Gasteiger partial charge < -0.3 is 14.8 Å². The highest BCUT2D eigenvalue weighted by Crippen LogP contribution is 2.25. The maximum atomic E-state index is 13.3. The summed E-state index contributed by atoms with van der Waals surface area (Å²) in [5.41, 5.74) is 1.08. The molecule has 4 nitrogen and oxygen atoms in total. The third kappa shape index (κ3) is 3.44. The van der Waals surface area contributed by atoms with E-state index in [9.17, 15) is 9.50 Å². The van der Waals surface area contributed by atoms with Gasteiger partial charge in [-0.1, -0.05) is 0 Å². The average Bonchev–Trinajstić information content (AvgIpc) is 2.20. The Bertz CT molecular complexity index is 356. The van der Waals surface area contributed by atoms with Crippen molar-refractivity contribution in [3.05, 3.63) is 29.1 Å². The van der Waals surface area contributed by atoms with Crippen molar-refractivity contribution in [2.24, 2.45) is 5.90 Å². The smallest absolute Gasteiger partial charge is 0.124 e. The number of nitrogens with two attached hydrogens (primary N) is 1. The van der Waals surface area contributed by atoms with Crippen molar-refractivity contribution >= 4 is 0 Å². The topological polar surface area (TPSA) is 58.7 Å². The van der Waals surface area contributed by atoms with E-state index in [1.54, 1.807) is 0 Å². The predicted octanol–water partition coefficient (Wildman–Crippen LogP) is 1.03. The van der Waals surface area contributed by atoms with E-state index in [0.29, 0.717) is 24.1 Å². The summed E-state index contributed by atoms with van der Waals surface area (Å²) in [7, 11) is 3.71. The fourth-order valence-corrected chi connectivity index (χ4v) is 1.54. The fraction of sp³-hybridized carbons (Fsp3) is 0.455. The van der Waals surface area contributed by atoms with E-state index in [2.05, 4.69) is 4.84 Å². The van der Waals surface area contributed by atoms with Gasteiger partial charge in [-0.25, -0.2) is 10.3 Å². The monoisotopic (exact) mass is 228 g/mol. The molecule has 0 aromatic heterocycles. The van der Waals surface area contributed by atoms with E-state index in [1.807, 2.05) is 19.0 Å². The van der Waals surface area contributed by atoms with E-state index in [0.717, 1.165) is 0 Å². The molecule has 0 fully saturated rings. The molecule has 0 spiro atoms. The van der Waals surface area contributed by atoms with Gasteiger partial charge in [-0.05, 0) is 31.8 Å². The lowest BCUT2D eigenvalue weighted by atomic mass is 10.1. The van der Waals surface area contributed by atoms with E-state index in [4.69, 9.17) is 5.90 Å². The van der Waals surface area contributed by atoms with Crippen LogP contribution in [0.15, 0.2) is 12.1 Å². The van der Waals surface area contributed by atoms with Crippen LogP contribution in [0.3, 0.4) is 0 Å². The van der Waals surface area contributed by atoms with Gasteiger partial charge in [-0.3, -0.25) is 0 Å². The molecule has 90 valence electrons. The van der Waals surface area contributed by atoms with E-state index in [-0.39, 0.29) is 18.2 Å². The van der Waals surface area contributed by atoms with Crippen molar-refractivity contribution in [1.29, 1.82) is 0 Å². The van der Waals surface area contributed by atoms with Crippen LogP contribution >= 0.6 is 0 Å². The molecular formula is C11H17FN2O2. The number of benzene rings is 1. The zero-order valence-corrected chi connectivity index (χ0v) is 9.53. The number of rotatable bonds is 5. The molecule has 0 atom stereocenters. The number of phenolic OH excluding ortho intramolecular Hbond substituents is 1. The molecule has 0 unspecified atom stereocenters. The van der Waals surface area contributed by atoms with Gasteiger partial charge in [0.05, 0.1) is 6.61 Å². The van der Waals surface area contributed by atoms with Gasteiger partial charge in [-0.2, -0.15) is 0 Å². The van der Waals surface area contributed by atoms with E-state index >= 15 is 0 Å². The minimum Gasteiger partial charge on any atom is -0.507 e. The number of hydrogen-bond acceptors (Lipinski definition) is 4. The number of hydrogen-bond donors (Lipinski definition) is 2. The molecule has 0 aliphatic rings. The number of aromatic hydroxyl groups is 1. The van der Waals surface area contributed by atoms with Crippen LogP contribution in [0.5, 0.6) is 5.75 Å². The molecule has 1 rings (SSSR count). The third-order valence-electron chi connectivity index (χ3n) is 2.21. The zero-order chi connectivity index (χ0) is 12.1. The fourth-order valence-electron chi connectivity index (χ4n) is 1.54. The zero-order valence-electron chi connectivity index (χ0n) is 9.53. The van der Waals surface area contributed by atoms with E-state index in [1.165, 1.54) is 12.1 Å². The second-order valence-corrected chi connectivity index (χ2v) is 3.93. The highest BCUT2D eigenvalue weighted by Gasteiger charge is 2.10. The van der Waals surface area contributed by atoms with Crippen molar-refractivity contribution in [3.8, 4) is 5.75 Å². The summed E-state index contributed by atoms with van der Waals surface area (Å²) >= 11 is 0. The first-order valence-corrected chi connectivity index (χ1v) is 5.01. The van der Waals surface area contributed by atoms with Crippen LogP contribution in [0, 0.1) is 5.82 Å². The highest BCUT2D eigenvalue weighted by atomic mass is 19.1. The first-order chi connectivity index (χ1) is 7.54. The van der Waals surface area contributed by atoms with Crippen LogP contribution in [0.1, 0.15) is 11.1 Å². The molecule has 0 radical (unpaired) electrons. The van der Waals surface area contributed by atoms with Crippen molar-refractivity contribution in [2.45, 2.75) is 13.0 Å². The van der Waals surface area contributed by atoms with Crippen LogP contribution in [0.2, 0.25) is 0 Å². The molecule has 0 aliphatic heterocycles. The summed E-state index contributed by atoms with van der Waals surface area (Å²) in [5.74, 6) is 4.66. The normalized spacial score (nSPS) is 11.1. The second kappa shape index (κ2) is 5.79. The predicted molar refractivity (Wildman–Crippen MR) is 59.3 cm³/mol. The number of phenols is 1. The van der Waals surface area contributed by atoms with Crippen molar-refractivity contribution in [2.75, 3.05) is 20.7 Å². The van der Waals surface area contributed by atoms with Gasteiger partial charge >= 0.3 is 0 Å². The average molecular weight is 228 g/mol. The van der Waals surface area contributed by atoms with Crippen LogP contribution in [-0.4, -0.2) is 30.7 Å². The lowest BCUT2D eigenvalue weighted by Gasteiger charge is -2.14. The quantitative estimate of drug-likeness (QED) is 0.739. The Morgan fingerprint density at radius 2 is 2.00 bits per heavy atom. The standard InChI is InChI=1S/C11H17FN2O2/c1-14(2)7-9-6-10(12)5-8(11(9)15)3-4-16-13/h5-6,15H,3-4,7,13H2,1-2H3. The van der Waals surface area contributed by atoms with Gasteiger partial charge in [-0.15, -0.1) is 0 Å². The van der Waals surface area contributed by atoms with Crippen molar-refractivity contribution < 1.29 is 14.3 Å². The first-order valence-electron chi connectivity index (χ1n) is 5.01. The molecule has 1 aromatic carbocycles. The lowest BCUT2D eigenvalue weighted by molar-refractivity contribution is 0.140. The third-order valence-corrected chi connectivity index (χ3v) is 2.21. The van der Waals surface area contributed by atoms with Gasteiger partial charge in [0.1, 0.15) is 11.6 Å². The highest BCUT2D eigenvalue weighted by molar-refractivity contribution is 5.41. The Labute approximate surface area is 94.4 Å². The molecule has 3 N–H and O–H groups in total. The molecule has 5 heteroatoms. The molecule has 0 amide bonds. The van der Waals surface area contributed by atoms with Crippen LogP contribution in [0.25, 0.3) is 0 Å². The Morgan fingerprint density at radius 1 is 1.38 bits per heavy atom. The molecule has 1 aromatic rings. The number of nitrogens with zero attached hydrogens (tertiary/aromatic N) is 1. The summed E-state index contributed by atoms with van der Waals surface area (Å²) in [6, 6.07) is 2.63. The Hall–Kier alpha value is -1.17. The molecule has 0 bridgehead atoms. The van der Waals surface area contributed by atoms with Crippen LogP contribution in [-0.2, 0) is 17.8 Å². The minimum absolute atomic E-state index is 0.118. The number of halogens is 1. The van der Waals surface area contributed by atoms with Crippen molar-refractivity contribution in [3.63, 3.8) is 0 Å². The van der Waals surface area contributed by atoms with Gasteiger partial charge in [0.25, 0.3) is 0 Å². The van der Waals surface area contributed by atoms with Crippen LogP contribution < -0.4 is 5.90 Å². The maximum absolute atomic E-state index is 13.3. The maximum Gasteiger partial charge on any atom is 0.124 e. The molecule has 16 heavy (non-hydrogen) atoms. The van der Waals surface area contributed by atoms with Gasteiger partial charge in [0.15, 0.2) is 0 Å². The summed E-state index contributed by atoms with van der Waals surface area (Å²) in [6.45, 7) is 0.735. The first kappa shape index (κ1) is 12.9. The summed E-state index contributed by atoms with van der Waals surface area (Å²) in [4.78, 5) is 6.28. The second-order valence-electron chi connectivity index (χ2n) is 3.93. The summed E-state index contributed by atoms with van der Waals surface area (Å²) in [5, 5.41) is 9.90. The largest absolute Gasteiger partial charge is 0.507 e. The Balaban J connectivity index is 2.95. The SMILES string of the molecule is CN(C)Cc1cc(F)cc(CCON)c1O. The molecular weight excluding hydrogens is 211 g/mol. The Kier molecular flexibility index (Phi) is 4.67.